The minimum absolute atomic E-state index is 0.00678. The van der Waals surface area contributed by atoms with E-state index in [0.717, 1.165) is 35.9 Å². The number of benzene rings is 2. The first-order valence-electron chi connectivity index (χ1n) is 11.4. The molecule has 0 aliphatic carbocycles. The van der Waals surface area contributed by atoms with Crippen LogP contribution in [0.15, 0.2) is 67.4 Å². The van der Waals surface area contributed by atoms with Crippen LogP contribution in [0.5, 0.6) is 0 Å². The van der Waals surface area contributed by atoms with Crippen LogP contribution >= 0.6 is 23.2 Å². The van der Waals surface area contributed by atoms with Crippen LogP contribution in [-0.2, 0) is 16.0 Å². The highest BCUT2D eigenvalue weighted by atomic mass is 35.5. The van der Waals surface area contributed by atoms with Crippen molar-refractivity contribution in [1.29, 1.82) is 0 Å². The quantitative estimate of drug-likeness (QED) is 0.303. The second-order valence-corrected chi connectivity index (χ2v) is 8.61. The van der Waals surface area contributed by atoms with Gasteiger partial charge in [0.25, 0.3) is 0 Å². The molecule has 1 saturated heterocycles. The van der Waals surface area contributed by atoms with Crippen LogP contribution < -0.4 is 5.32 Å². The number of ether oxygens (including phenoxy) is 1. The molecule has 0 saturated carbocycles. The molecule has 0 bridgehead atoms. The summed E-state index contributed by atoms with van der Waals surface area (Å²) in [7, 11) is 0. The van der Waals surface area contributed by atoms with Gasteiger partial charge in [0.15, 0.2) is 0 Å². The monoisotopic (exact) mass is 484 g/mol. The number of para-hydroxylation sites is 1. The number of hydrogen-bond donors (Lipinski definition) is 1. The van der Waals surface area contributed by atoms with Gasteiger partial charge in [0, 0.05) is 45.3 Å². The number of nitrogens with zero attached hydrogens (tertiary/aromatic N) is 1. The largest absolute Gasteiger partial charge is 0.456 e. The van der Waals surface area contributed by atoms with E-state index in [1.54, 1.807) is 24.4 Å². The lowest BCUT2D eigenvalue weighted by Gasteiger charge is -2.34. The second-order valence-electron chi connectivity index (χ2n) is 7.79. The van der Waals surface area contributed by atoms with Crippen molar-refractivity contribution in [3.63, 3.8) is 0 Å². The Bertz CT molecular complexity index is 1070. The van der Waals surface area contributed by atoms with Crippen LogP contribution in [-0.4, -0.2) is 23.5 Å². The number of hydrogen-bond acceptors (Lipinski definition) is 4. The van der Waals surface area contributed by atoms with Crippen molar-refractivity contribution in [2.75, 3.05) is 6.54 Å². The van der Waals surface area contributed by atoms with Crippen LogP contribution in [0.3, 0.4) is 0 Å². The lowest BCUT2D eigenvalue weighted by Crippen LogP contribution is -2.43. The predicted molar refractivity (Wildman–Crippen MR) is 137 cm³/mol. The maximum absolute atomic E-state index is 13.0. The van der Waals surface area contributed by atoms with Crippen molar-refractivity contribution in [1.82, 2.24) is 10.3 Å². The topological polar surface area (TPSA) is 51.2 Å². The van der Waals surface area contributed by atoms with Crippen molar-refractivity contribution in [3.05, 3.63) is 88.6 Å². The molecule has 174 valence electrons. The number of fused-ring (bicyclic) bond motifs is 1. The molecule has 33 heavy (non-hydrogen) atoms. The average Bonchev–Trinajstić information content (AvgIpc) is 2.86. The van der Waals surface area contributed by atoms with E-state index in [-0.39, 0.29) is 18.4 Å². The predicted octanol–water partition coefficient (Wildman–Crippen LogP) is 6.95. The molecule has 1 aliphatic heterocycles. The van der Waals surface area contributed by atoms with E-state index < -0.39 is 6.10 Å². The minimum Gasteiger partial charge on any atom is -0.456 e. The molecule has 1 aromatic heterocycles. The van der Waals surface area contributed by atoms with Gasteiger partial charge in [-0.2, -0.15) is 0 Å². The van der Waals surface area contributed by atoms with Crippen LogP contribution in [0.25, 0.3) is 10.9 Å². The van der Waals surface area contributed by atoms with Crippen molar-refractivity contribution in [2.45, 2.75) is 45.3 Å². The zero-order chi connectivity index (χ0) is 23.8. The number of aromatic nitrogens is 1. The number of rotatable bonds is 6. The Hall–Kier alpha value is -2.40. The van der Waals surface area contributed by atoms with E-state index in [1.165, 1.54) is 0 Å². The Morgan fingerprint density at radius 3 is 2.55 bits per heavy atom. The van der Waals surface area contributed by atoms with E-state index in [1.807, 2.05) is 50.3 Å². The van der Waals surface area contributed by atoms with Crippen molar-refractivity contribution in [2.24, 2.45) is 5.92 Å². The van der Waals surface area contributed by atoms with E-state index in [9.17, 15) is 4.79 Å². The summed E-state index contributed by atoms with van der Waals surface area (Å²) < 4.78 is 6.09. The Morgan fingerprint density at radius 1 is 1.15 bits per heavy atom. The number of pyridine rings is 1. The molecule has 0 amide bonds. The van der Waals surface area contributed by atoms with Crippen LogP contribution in [0, 0.1) is 5.92 Å². The van der Waals surface area contributed by atoms with Crippen molar-refractivity contribution < 1.29 is 9.53 Å². The minimum atomic E-state index is -0.451. The van der Waals surface area contributed by atoms with Gasteiger partial charge in [0.05, 0.1) is 11.9 Å². The highest BCUT2D eigenvalue weighted by Gasteiger charge is 2.31. The van der Waals surface area contributed by atoms with Crippen molar-refractivity contribution in [3.8, 4) is 0 Å². The van der Waals surface area contributed by atoms with Crippen LogP contribution in [0.4, 0.5) is 0 Å². The van der Waals surface area contributed by atoms with E-state index >= 15 is 0 Å². The maximum Gasteiger partial charge on any atom is 0.311 e. The Balaban J connectivity index is 0.00000149. The number of halogens is 2. The SMILES string of the molecule is C=CC1CCC(C(OC(=O)Cc2c(Cl)cccc2Cl)c2ccnc3ccccc23)NC1.CC. The number of carbonyl (C=O) groups is 1. The normalized spacial score (nSPS) is 18.7. The van der Waals surface area contributed by atoms with Gasteiger partial charge in [-0.15, -0.1) is 6.58 Å². The highest BCUT2D eigenvalue weighted by molar-refractivity contribution is 6.36. The van der Waals surface area contributed by atoms with Crippen molar-refractivity contribution >= 4 is 40.1 Å². The number of nitrogens with one attached hydrogen (secondary N) is 1. The summed E-state index contributed by atoms with van der Waals surface area (Å²) in [4.78, 5) is 17.5. The lowest BCUT2D eigenvalue weighted by atomic mass is 9.88. The molecule has 2 heterocycles. The molecule has 3 aromatic rings. The number of piperidine rings is 1. The third kappa shape index (κ3) is 6.14. The zero-order valence-corrected chi connectivity index (χ0v) is 20.6. The van der Waals surface area contributed by atoms with Gasteiger partial charge in [-0.3, -0.25) is 9.78 Å². The third-order valence-electron chi connectivity index (χ3n) is 5.82. The van der Waals surface area contributed by atoms with Crippen LogP contribution in [0.2, 0.25) is 10.0 Å². The fourth-order valence-electron chi connectivity index (χ4n) is 4.12. The van der Waals surface area contributed by atoms with E-state index in [0.29, 0.717) is 21.5 Å². The average molecular weight is 485 g/mol. The van der Waals surface area contributed by atoms with E-state index in [2.05, 4.69) is 16.9 Å². The number of carbonyl (C=O) groups excluding carboxylic acids is 1. The lowest BCUT2D eigenvalue weighted by molar-refractivity contribution is -0.150. The molecule has 2 aromatic carbocycles. The molecule has 1 aliphatic rings. The first-order chi connectivity index (χ1) is 16.1. The van der Waals surface area contributed by atoms with Gasteiger partial charge in [0.1, 0.15) is 6.10 Å². The maximum atomic E-state index is 13.0. The zero-order valence-electron chi connectivity index (χ0n) is 19.1. The smallest absolute Gasteiger partial charge is 0.311 e. The van der Waals surface area contributed by atoms with Gasteiger partial charge in [-0.25, -0.2) is 0 Å². The first kappa shape index (κ1) is 25.2. The summed E-state index contributed by atoms with van der Waals surface area (Å²) in [5, 5.41) is 5.45. The molecule has 1 N–H and O–H groups in total. The molecular weight excluding hydrogens is 455 g/mol. The Labute approximate surface area is 206 Å². The molecule has 6 heteroatoms. The van der Waals surface area contributed by atoms with Crippen LogP contribution in [0.1, 0.15) is 43.9 Å². The van der Waals surface area contributed by atoms with Gasteiger partial charge < -0.3 is 10.1 Å². The molecular formula is C27H30Cl2N2O2. The van der Waals surface area contributed by atoms with Gasteiger partial charge in [-0.1, -0.05) is 67.4 Å². The molecule has 3 atom stereocenters. The third-order valence-corrected chi connectivity index (χ3v) is 6.53. The summed E-state index contributed by atoms with van der Waals surface area (Å²) in [6, 6.07) is 15.0. The molecule has 1 fully saturated rings. The summed E-state index contributed by atoms with van der Waals surface area (Å²) in [6.45, 7) is 8.71. The van der Waals surface area contributed by atoms with E-state index in [4.69, 9.17) is 27.9 Å². The molecule has 3 unspecified atom stereocenters. The summed E-state index contributed by atoms with van der Waals surface area (Å²) in [5.74, 6) is 0.0530. The number of esters is 1. The summed E-state index contributed by atoms with van der Waals surface area (Å²) >= 11 is 12.5. The first-order valence-corrected chi connectivity index (χ1v) is 12.1. The molecule has 4 nitrogen and oxygen atoms in total. The summed E-state index contributed by atoms with van der Waals surface area (Å²) in [5.41, 5.74) is 2.39. The molecule has 0 spiro atoms. The Morgan fingerprint density at radius 2 is 1.88 bits per heavy atom. The van der Waals surface area contributed by atoms with Gasteiger partial charge in [-0.05, 0) is 43.0 Å². The Kier molecular flexibility index (Phi) is 9.30. The fraction of sp³-hybridized carbons (Fsp3) is 0.333. The highest BCUT2D eigenvalue weighted by Crippen LogP contribution is 2.33. The standard InChI is InChI=1S/C25H24Cl2N2O2.C2H6/c1-2-16-10-11-23(29-15-16)25(18-12-13-28-22-9-4-3-6-17(18)22)31-24(30)14-19-20(26)7-5-8-21(19)27;1-2/h2-9,12-13,16,23,25,29H,1,10-11,14-15H2;1-2H3. The second kappa shape index (κ2) is 12.2. The van der Waals surface area contributed by atoms with Gasteiger partial charge >= 0.3 is 5.97 Å². The molecule has 4 rings (SSSR count). The fourth-order valence-corrected chi connectivity index (χ4v) is 4.65. The molecule has 0 radical (unpaired) electrons. The summed E-state index contributed by atoms with van der Waals surface area (Å²) in [6.07, 6.45) is 5.17. The van der Waals surface area contributed by atoms with Gasteiger partial charge in [0.2, 0.25) is 0 Å².